The number of nitrogens with zero attached hydrogens (tertiary/aromatic N) is 2. The molecule has 6 nitrogen and oxygen atoms in total. The molecule has 0 saturated heterocycles. The summed E-state index contributed by atoms with van der Waals surface area (Å²) in [6, 6.07) is 9.53. The van der Waals surface area contributed by atoms with Gasteiger partial charge in [-0.1, -0.05) is 0 Å². The lowest BCUT2D eigenvalue weighted by molar-refractivity contribution is -0.122. The number of aromatic nitrogens is 3. The van der Waals surface area contributed by atoms with Crippen LogP contribution < -0.4 is 10.1 Å². The van der Waals surface area contributed by atoms with Crippen molar-refractivity contribution in [1.29, 1.82) is 0 Å². The topological polar surface area (TPSA) is 71.9 Å². The van der Waals surface area contributed by atoms with Crippen LogP contribution in [0.1, 0.15) is 18.5 Å². The van der Waals surface area contributed by atoms with Crippen molar-refractivity contribution >= 4 is 18.1 Å². The van der Waals surface area contributed by atoms with Crippen molar-refractivity contribution in [3.05, 3.63) is 64.4 Å². The predicted molar refractivity (Wildman–Crippen MR) is 102 cm³/mol. The van der Waals surface area contributed by atoms with E-state index in [-0.39, 0.29) is 16.9 Å². The van der Waals surface area contributed by atoms with Crippen molar-refractivity contribution in [3.63, 3.8) is 0 Å². The minimum Gasteiger partial charge on any atom is -0.497 e. The molecule has 2 N–H and O–H groups in total. The van der Waals surface area contributed by atoms with Gasteiger partial charge in [0.25, 0.3) is 0 Å². The number of amides is 1. The molecule has 0 aliphatic carbocycles. The molecule has 1 amide bonds. The summed E-state index contributed by atoms with van der Waals surface area (Å²) in [7, 11) is 1.57. The minimum absolute atomic E-state index is 0.0690. The molecule has 0 bridgehead atoms. The van der Waals surface area contributed by atoms with E-state index in [2.05, 4.69) is 15.5 Å². The molecule has 9 heteroatoms. The first-order valence-electron chi connectivity index (χ1n) is 8.43. The number of methoxy groups -OCH3 is 1. The molecule has 2 aromatic carbocycles. The van der Waals surface area contributed by atoms with Crippen molar-refractivity contribution in [2.75, 3.05) is 7.11 Å². The van der Waals surface area contributed by atoms with Crippen LogP contribution in [-0.2, 0) is 11.3 Å². The Morgan fingerprint density at radius 2 is 2.00 bits per heavy atom. The van der Waals surface area contributed by atoms with E-state index in [1.54, 1.807) is 38.3 Å². The normalized spacial score (nSPS) is 11.9. The first kappa shape index (κ1) is 19.7. The highest BCUT2D eigenvalue weighted by molar-refractivity contribution is 7.71. The fourth-order valence-corrected chi connectivity index (χ4v) is 2.98. The molecule has 28 heavy (non-hydrogen) atoms. The first-order valence-corrected chi connectivity index (χ1v) is 8.84. The molecule has 0 aliphatic rings. The molecule has 3 aromatic rings. The number of aromatic amines is 1. The Hall–Kier alpha value is -3.07. The maximum Gasteiger partial charge on any atom is 0.240 e. The van der Waals surface area contributed by atoms with Gasteiger partial charge >= 0.3 is 0 Å². The molecule has 146 valence electrons. The molecule has 0 radical (unpaired) electrons. The second-order valence-electron chi connectivity index (χ2n) is 6.12. The molecule has 1 atom stereocenters. The van der Waals surface area contributed by atoms with Crippen LogP contribution in [0.3, 0.4) is 0 Å². The minimum atomic E-state index is -0.714. The third kappa shape index (κ3) is 4.25. The smallest absolute Gasteiger partial charge is 0.240 e. The van der Waals surface area contributed by atoms with Crippen LogP contribution in [0.4, 0.5) is 8.78 Å². The lowest BCUT2D eigenvalue weighted by atomic mass is 10.1. The summed E-state index contributed by atoms with van der Waals surface area (Å²) in [4.78, 5) is 12.5. The van der Waals surface area contributed by atoms with E-state index in [0.29, 0.717) is 11.6 Å². The molecular weight excluding hydrogens is 386 g/mol. The molecule has 1 aromatic heterocycles. The number of nitrogens with one attached hydrogen (secondary N) is 2. The summed E-state index contributed by atoms with van der Waals surface area (Å²) in [5.41, 5.74) is 0.810. The van der Waals surface area contributed by atoms with E-state index in [1.165, 1.54) is 4.57 Å². The number of rotatable bonds is 6. The Morgan fingerprint density at radius 1 is 1.29 bits per heavy atom. The molecule has 1 heterocycles. The van der Waals surface area contributed by atoms with Crippen LogP contribution in [0.25, 0.3) is 11.4 Å². The Labute approximate surface area is 165 Å². The summed E-state index contributed by atoms with van der Waals surface area (Å²) in [6.07, 6.45) is 0. The lowest BCUT2D eigenvalue weighted by Crippen LogP contribution is -2.31. The average Bonchev–Trinajstić information content (AvgIpc) is 3.04. The van der Waals surface area contributed by atoms with Gasteiger partial charge in [-0.2, -0.15) is 5.10 Å². The van der Waals surface area contributed by atoms with Crippen LogP contribution in [0.15, 0.2) is 42.5 Å². The third-order valence-electron chi connectivity index (χ3n) is 4.21. The van der Waals surface area contributed by atoms with Crippen molar-refractivity contribution in [3.8, 4) is 17.1 Å². The maximum atomic E-state index is 13.9. The number of ether oxygens (including phenoxy) is 1. The largest absolute Gasteiger partial charge is 0.497 e. The van der Waals surface area contributed by atoms with Gasteiger partial charge in [0.1, 0.15) is 23.9 Å². The molecule has 0 fully saturated rings. The zero-order chi connectivity index (χ0) is 20.3. The predicted octanol–water partition coefficient (Wildman–Crippen LogP) is 3.77. The Bertz CT molecular complexity index is 1050. The quantitative estimate of drug-likeness (QED) is 0.614. The second kappa shape index (κ2) is 8.30. The highest BCUT2D eigenvalue weighted by Gasteiger charge is 2.17. The standard InChI is InChI=1S/C19H18F2N4O2S/c1-11(15-9-13(20)5-8-16(15)21)22-17(26)10-25-18(23-24-19(25)28)12-3-6-14(27-2)7-4-12/h3-9,11H,10H2,1-2H3,(H,22,26)(H,24,28). The van der Waals surface area contributed by atoms with Gasteiger partial charge in [0.15, 0.2) is 10.6 Å². The van der Waals surface area contributed by atoms with E-state index in [4.69, 9.17) is 17.0 Å². The van der Waals surface area contributed by atoms with Crippen LogP contribution in [0.5, 0.6) is 5.75 Å². The van der Waals surface area contributed by atoms with E-state index in [0.717, 1.165) is 23.8 Å². The van der Waals surface area contributed by atoms with E-state index >= 15 is 0 Å². The van der Waals surface area contributed by atoms with Gasteiger partial charge in [-0.05, 0) is 61.6 Å². The number of benzene rings is 2. The van der Waals surface area contributed by atoms with Gasteiger partial charge in [-0.15, -0.1) is 0 Å². The van der Waals surface area contributed by atoms with Gasteiger partial charge in [-0.25, -0.2) is 8.78 Å². The molecule has 0 spiro atoms. The van der Waals surface area contributed by atoms with Crippen molar-refractivity contribution in [2.45, 2.75) is 19.5 Å². The van der Waals surface area contributed by atoms with E-state index in [1.807, 2.05) is 0 Å². The van der Waals surface area contributed by atoms with Gasteiger partial charge in [0.2, 0.25) is 5.91 Å². The Kier molecular flexibility index (Phi) is 5.84. The summed E-state index contributed by atoms with van der Waals surface area (Å²) in [6.45, 7) is 1.45. The molecule has 0 aliphatic heterocycles. The zero-order valence-electron chi connectivity index (χ0n) is 15.2. The van der Waals surface area contributed by atoms with Crippen LogP contribution in [0, 0.1) is 16.4 Å². The summed E-state index contributed by atoms with van der Waals surface area (Å²) >= 11 is 5.22. The van der Waals surface area contributed by atoms with Crippen molar-refractivity contribution in [2.24, 2.45) is 0 Å². The van der Waals surface area contributed by atoms with E-state index < -0.39 is 23.6 Å². The number of carbonyl (C=O) groups excluding carboxylic acids is 1. The number of hydrogen-bond donors (Lipinski definition) is 2. The monoisotopic (exact) mass is 404 g/mol. The average molecular weight is 404 g/mol. The number of H-pyrrole nitrogens is 1. The van der Waals surface area contributed by atoms with Gasteiger partial charge in [0, 0.05) is 11.1 Å². The molecule has 0 saturated carbocycles. The Morgan fingerprint density at radius 3 is 2.68 bits per heavy atom. The number of halogens is 2. The zero-order valence-corrected chi connectivity index (χ0v) is 16.0. The van der Waals surface area contributed by atoms with Crippen molar-refractivity contribution in [1.82, 2.24) is 20.1 Å². The fraction of sp³-hybridized carbons (Fsp3) is 0.211. The Balaban J connectivity index is 1.78. The summed E-state index contributed by atoms with van der Waals surface area (Å²) < 4.78 is 34.2. The highest BCUT2D eigenvalue weighted by Crippen LogP contribution is 2.21. The van der Waals surface area contributed by atoms with Gasteiger partial charge < -0.3 is 10.1 Å². The molecule has 3 rings (SSSR count). The number of hydrogen-bond acceptors (Lipinski definition) is 4. The second-order valence-corrected chi connectivity index (χ2v) is 6.51. The van der Waals surface area contributed by atoms with E-state index in [9.17, 15) is 13.6 Å². The van der Waals surface area contributed by atoms with Gasteiger partial charge in [-0.3, -0.25) is 14.5 Å². The SMILES string of the molecule is COc1ccc(-c2n[nH]c(=S)n2CC(=O)NC(C)c2cc(F)ccc2F)cc1. The van der Waals surface area contributed by atoms with Crippen LogP contribution >= 0.6 is 12.2 Å². The van der Waals surface area contributed by atoms with Crippen LogP contribution in [-0.4, -0.2) is 27.8 Å². The molecule has 1 unspecified atom stereocenters. The van der Waals surface area contributed by atoms with Gasteiger partial charge in [0.05, 0.1) is 13.2 Å². The van der Waals surface area contributed by atoms with Crippen molar-refractivity contribution < 1.29 is 18.3 Å². The maximum absolute atomic E-state index is 13.9. The highest BCUT2D eigenvalue weighted by atomic mass is 32.1. The lowest BCUT2D eigenvalue weighted by Gasteiger charge is -2.16. The first-order chi connectivity index (χ1) is 13.4. The summed E-state index contributed by atoms with van der Waals surface area (Å²) in [5.74, 6) is -0.409. The number of carbonyl (C=O) groups is 1. The third-order valence-corrected chi connectivity index (χ3v) is 4.52. The molecular formula is C19H18F2N4O2S. The van der Waals surface area contributed by atoms with Crippen LogP contribution in [0.2, 0.25) is 0 Å². The fourth-order valence-electron chi connectivity index (χ4n) is 2.78. The summed E-state index contributed by atoms with van der Waals surface area (Å²) in [5, 5.41) is 9.49.